The Labute approximate surface area is 159 Å². The molecule has 2 fully saturated rings. The van der Waals surface area contributed by atoms with Crippen LogP contribution in [0.3, 0.4) is 0 Å². The van der Waals surface area contributed by atoms with E-state index in [9.17, 15) is 22.4 Å². The molecule has 4 rings (SSSR count). The minimum atomic E-state index is -4.78. The number of halogens is 4. The van der Waals surface area contributed by atoms with Gasteiger partial charge in [0.2, 0.25) is 0 Å². The quantitative estimate of drug-likeness (QED) is 0.770. The molecule has 1 amide bonds. The highest BCUT2D eigenvalue weighted by atomic mass is 19.4. The van der Waals surface area contributed by atoms with Crippen LogP contribution in [0.15, 0.2) is 30.5 Å². The second-order valence-corrected chi connectivity index (χ2v) is 7.89. The maximum Gasteiger partial charge on any atom is 0.434 e. The van der Waals surface area contributed by atoms with Crippen LogP contribution < -0.4 is 5.32 Å². The maximum absolute atomic E-state index is 13.7. The molecule has 8 heteroatoms. The summed E-state index contributed by atoms with van der Waals surface area (Å²) in [6.07, 6.45) is 0.660. The number of alkyl halides is 3. The molecule has 4 nitrogen and oxygen atoms in total. The molecule has 2 aliphatic carbocycles. The predicted molar refractivity (Wildman–Crippen MR) is 94.4 cm³/mol. The minimum absolute atomic E-state index is 0.0360. The molecule has 0 saturated heterocycles. The van der Waals surface area contributed by atoms with E-state index in [4.69, 9.17) is 0 Å². The van der Waals surface area contributed by atoms with Gasteiger partial charge in [0.05, 0.1) is 17.4 Å². The number of rotatable bonds is 4. The summed E-state index contributed by atoms with van der Waals surface area (Å²) in [7, 11) is 0. The van der Waals surface area contributed by atoms with Crippen LogP contribution in [0.2, 0.25) is 0 Å². The van der Waals surface area contributed by atoms with E-state index in [1.807, 2.05) is 6.92 Å². The van der Waals surface area contributed by atoms with Crippen LogP contribution in [0, 0.1) is 23.6 Å². The molecule has 0 aliphatic heterocycles. The first kappa shape index (κ1) is 19.0. The summed E-state index contributed by atoms with van der Waals surface area (Å²) in [4.78, 5) is 12.7. The first-order valence-electron chi connectivity index (χ1n) is 9.46. The molecule has 0 spiro atoms. The van der Waals surface area contributed by atoms with Crippen LogP contribution in [0.25, 0.3) is 5.69 Å². The van der Waals surface area contributed by atoms with E-state index in [1.54, 1.807) is 0 Å². The molecule has 1 heterocycles. The summed E-state index contributed by atoms with van der Waals surface area (Å²) < 4.78 is 54.9. The summed E-state index contributed by atoms with van der Waals surface area (Å²) >= 11 is 0. The molecule has 150 valence electrons. The molecular formula is C20H21F4N3O. The van der Waals surface area contributed by atoms with Crippen molar-refractivity contribution in [1.29, 1.82) is 0 Å². The number of carbonyl (C=O) groups excluding carboxylic acids is 1. The highest BCUT2D eigenvalue weighted by molar-refractivity contribution is 5.95. The van der Waals surface area contributed by atoms with Gasteiger partial charge in [0.1, 0.15) is 5.82 Å². The van der Waals surface area contributed by atoms with Crippen LogP contribution in [-0.2, 0) is 6.18 Å². The summed E-state index contributed by atoms with van der Waals surface area (Å²) in [5.74, 6) is 0.188. The molecule has 2 aliphatic rings. The zero-order valence-corrected chi connectivity index (χ0v) is 15.3. The SMILES string of the molecule is C[C@H](NC(=O)c1cnn(-c2ccc(F)cc2)c1C(F)(F)F)[C@H]1C[C@H]2CC[C@H]1C2. The number of fused-ring (bicyclic) bond motifs is 2. The van der Waals surface area contributed by atoms with Gasteiger partial charge in [0.15, 0.2) is 5.69 Å². The van der Waals surface area contributed by atoms with Crippen molar-refractivity contribution >= 4 is 5.91 Å². The molecule has 1 aromatic carbocycles. The molecule has 0 unspecified atom stereocenters. The van der Waals surface area contributed by atoms with Gasteiger partial charge in [0, 0.05) is 6.04 Å². The molecule has 0 radical (unpaired) electrons. The third-order valence-electron chi connectivity index (χ3n) is 6.15. The van der Waals surface area contributed by atoms with E-state index in [0.29, 0.717) is 22.4 Å². The Balaban J connectivity index is 1.60. The van der Waals surface area contributed by atoms with Crippen LogP contribution >= 0.6 is 0 Å². The normalized spacial score (nSPS) is 25.1. The van der Waals surface area contributed by atoms with Crippen molar-refractivity contribution in [1.82, 2.24) is 15.1 Å². The molecular weight excluding hydrogens is 374 g/mol. The number of nitrogens with one attached hydrogen (secondary N) is 1. The predicted octanol–water partition coefficient (Wildman–Crippen LogP) is 4.58. The van der Waals surface area contributed by atoms with E-state index < -0.39 is 29.2 Å². The number of hydrogen-bond acceptors (Lipinski definition) is 2. The van der Waals surface area contributed by atoms with Gasteiger partial charge in [0.25, 0.3) is 5.91 Å². The number of carbonyl (C=O) groups is 1. The standard InChI is InChI=1S/C20H21F4N3O/c1-11(16-9-12-2-3-13(16)8-12)26-19(28)17-10-25-27(18(17)20(22,23)24)15-6-4-14(21)5-7-15/h4-7,10-13,16H,2-3,8-9H2,1H3,(H,26,28)/t11-,12-,13-,16+/m0/s1. The zero-order chi connectivity index (χ0) is 20.1. The van der Waals surface area contributed by atoms with Gasteiger partial charge in [-0.15, -0.1) is 0 Å². The first-order chi connectivity index (χ1) is 13.2. The summed E-state index contributed by atoms with van der Waals surface area (Å²) in [6, 6.07) is 4.29. The topological polar surface area (TPSA) is 46.9 Å². The van der Waals surface area contributed by atoms with Gasteiger partial charge in [-0.25, -0.2) is 9.07 Å². The third-order valence-corrected chi connectivity index (χ3v) is 6.15. The molecule has 28 heavy (non-hydrogen) atoms. The lowest BCUT2D eigenvalue weighted by Gasteiger charge is -2.28. The third kappa shape index (κ3) is 3.40. The molecule has 2 saturated carbocycles. The summed E-state index contributed by atoms with van der Waals surface area (Å²) in [5, 5.41) is 6.52. The van der Waals surface area contributed by atoms with E-state index in [-0.39, 0.29) is 11.7 Å². The van der Waals surface area contributed by atoms with Gasteiger partial charge in [-0.1, -0.05) is 6.42 Å². The summed E-state index contributed by atoms with van der Waals surface area (Å²) in [6.45, 7) is 1.86. The van der Waals surface area contributed by atoms with Gasteiger partial charge in [-0.05, 0) is 68.2 Å². The van der Waals surface area contributed by atoms with E-state index in [0.717, 1.165) is 37.6 Å². The lowest BCUT2D eigenvalue weighted by atomic mass is 9.84. The largest absolute Gasteiger partial charge is 0.434 e. The van der Waals surface area contributed by atoms with E-state index in [2.05, 4.69) is 10.4 Å². The van der Waals surface area contributed by atoms with Crippen LogP contribution in [0.4, 0.5) is 17.6 Å². The Kier molecular flexibility index (Phi) is 4.67. The molecule has 2 aromatic rings. The smallest absolute Gasteiger partial charge is 0.349 e. The monoisotopic (exact) mass is 395 g/mol. The maximum atomic E-state index is 13.7. The number of hydrogen-bond donors (Lipinski definition) is 1. The summed E-state index contributed by atoms with van der Waals surface area (Å²) in [5.41, 5.74) is -1.64. The fraction of sp³-hybridized carbons (Fsp3) is 0.500. The Bertz CT molecular complexity index is 875. The van der Waals surface area contributed by atoms with Gasteiger partial charge >= 0.3 is 6.18 Å². The van der Waals surface area contributed by atoms with Crippen molar-refractivity contribution in [3.05, 3.63) is 47.5 Å². The van der Waals surface area contributed by atoms with Gasteiger partial charge < -0.3 is 5.32 Å². The molecule has 1 aromatic heterocycles. The Hall–Kier alpha value is -2.38. The molecule has 4 atom stereocenters. The fourth-order valence-electron chi connectivity index (χ4n) is 4.86. The van der Waals surface area contributed by atoms with E-state index in [1.165, 1.54) is 18.6 Å². The number of amides is 1. The van der Waals surface area contributed by atoms with Gasteiger partial charge in [-0.3, -0.25) is 4.79 Å². The van der Waals surface area contributed by atoms with Crippen LogP contribution in [-0.4, -0.2) is 21.7 Å². The second-order valence-electron chi connectivity index (χ2n) is 7.89. The number of benzene rings is 1. The lowest BCUT2D eigenvalue weighted by Crippen LogP contribution is -2.40. The van der Waals surface area contributed by atoms with Crippen LogP contribution in [0.5, 0.6) is 0 Å². The fourth-order valence-corrected chi connectivity index (χ4v) is 4.86. The Morgan fingerprint density at radius 3 is 2.50 bits per heavy atom. The first-order valence-corrected chi connectivity index (χ1v) is 9.46. The Morgan fingerprint density at radius 1 is 1.21 bits per heavy atom. The minimum Gasteiger partial charge on any atom is -0.349 e. The average Bonchev–Trinajstić information content (AvgIpc) is 3.36. The average molecular weight is 395 g/mol. The van der Waals surface area contributed by atoms with E-state index >= 15 is 0 Å². The van der Waals surface area contributed by atoms with Crippen molar-refractivity contribution in [2.75, 3.05) is 0 Å². The molecule has 1 N–H and O–H groups in total. The van der Waals surface area contributed by atoms with Crippen molar-refractivity contribution in [3.8, 4) is 5.69 Å². The highest BCUT2D eigenvalue weighted by Gasteiger charge is 2.44. The number of aromatic nitrogens is 2. The highest BCUT2D eigenvalue weighted by Crippen LogP contribution is 2.49. The van der Waals surface area contributed by atoms with Crippen molar-refractivity contribution < 1.29 is 22.4 Å². The Morgan fingerprint density at radius 2 is 1.93 bits per heavy atom. The van der Waals surface area contributed by atoms with Crippen LogP contribution in [0.1, 0.15) is 48.7 Å². The molecule has 2 bridgehead atoms. The number of nitrogens with zero attached hydrogens (tertiary/aromatic N) is 2. The second kappa shape index (κ2) is 6.90. The van der Waals surface area contributed by atoms with Crippen molar-refractivity contribution in [2.45, 2.75) is 44.8 Å². The zero-order valence-electron chi connectivity index (χ0n) is 15.3. The lowest BCUT2D eigenvalue weighted by molar-refractivity contribution is -0.143. The van der Waals surface area contributed by atoms with Gasteiger partial charge in [-0.2, -0.15) is 18.3 Å². The van der Waals surface area contributed by atoms with Crippen molar-refractivity contribution in [3.63, 3.8) is 0 Å². The van der Waals surface area contributed by atoms with Crippen molar-refractivity contribution in [2.24, 2.45) is 17.8 Å².